The van der Waals surface area contributed by atoms with Gasteiger partial charge in [0.2, 0.25) is 5.91 Å². The van der Waals surface area contributed by atoms with Crippen molar-refractivity contribution in [1.29, 1.82) is 0 Å². The van der Waals surface area contributed by atoms with Crippen LogP contribution in [0, 0.1) is 0 Å². The van der Waals surface area contributed by atoms with Crippen LogP contribution in [0.5, 0.6) is 0 Å². The van der Waals surface area contributed by atoms with Crippen molar-refractivity contribution in [2.45, 2.75) is 17.9 Å². The Morgan fingerprint density at radius 1 is 1.09 bits per heavy atom. The minimum absolute atomic E-state index is 0.00198. The predicted octanol–water partition coefficient (Wildman–Crippen LogP) is 4.60. The van der Waals surface area contributed by atoms with E-state index in [1.807, 2.05) is 6.07 Å². The lowest BCUT2D eigenvalue weighted by Gasteiger charge is -2.21. The number of ether oxygens (including phenoxy) is 1. The Morgan fingerprint density at radius 3 is 2.47 bits per heavy atom. The van der Waals surface area contributed by atoms with Crippen LogP contribution in [0.4, 0.5) is 5.69 Å². The predicted molar refractivity (Wildman–Crippen MR) is 123 cm³/mol. The Morgan fingerprint density at radius 2 is 1.84 bits per heavy atom. The SMILES string of the molecule is COCCN(Cc1ccco1)C(=O)Cc1ccc(NS(=O)(=O)c2ccc(Cl)c(Cl)c2)cc1. The summed E-state index contributed by atoms with van der Waals surface area (Å²) in [7, 11) is -2.26. The van der Waals surface area contributed by atoms with Gasteiger partial charge in [0, 0.05) is 19.3 Å². The highest BCUT2D eigenvalue weighted by atomic mass is 35.5. The van der Waals surface area contributed by atoms with Crippen LogP contribution in [-0.2, 0) is 32.5 Å². The van der Waals surface area contributed by atoms with Gasteiger partial charge >= 0.3 is 0 Å². The smallest absolute Gasteiger partial charge is 0.261 e. The van der Waals surface area contributed by atoms with E-state index in [0.29, 0.717) is 31.1 Å². The number of anilines is 1. The molecular weight excluding hydrogens is 475 g/mol. The van der Waals surface area contributed by atoms with E-state index in [1.165, 1.54) is 18.2 Å². The molecule has 0 atom stereocenters. The minimum atomic E-state index is -3.83. The van der Waals surface area contributed by atoms with Gasteiger partial charge in [0.1, 0.15) is 5.76 Å². The van der Waals surface area contributed by atoms with Crippen LogP contribution in [0.25, 0.3) is 0 Å². The van der Waals surface area contributed by atoms with E-state index in [-0.39, 0.29) is 27.3 Å². The van der Waals surface area contributed by atoms with Crippen LogP contribution in [0.15, 0.2) is 70.2 Å². The summed E-state index contributed by atoms with van der Waals surface area (Å²) in [5.74, 6) is 0.587. The summed E-state index contributed by atoms with van der Waals surface area (Å²) >= 11 is 11.8. The van der Waals surface area contributed by atoms with E-state index in [4.69, 9.17) is 32.4 Å². The van der Waals surface area contributed by atoms with E-state index in [0.717, 1.165) is 5.56 Å². The lowest BCUT2D eigenvalue weighted by Crippen LogP contribution is -2.34. The number of benzene rings is 2. The highest BCUT2D eigenvalue weighted by molar-refractivity contribution is 7.92. The van der Waals surface area contributed by atoms with Gasteiger partial charge in [-0.05, 0) is 48.0 Å². The fourth-order valence-electron chi connectivity index (χ4n) is 2.92. The molecule has 170 valence electrons. The molecule has 0 bridgehead atoms. The fraction of sp³-hybridized carbons (Fsp3) is 0.227. The van der Waals surface area contributed by atoms with E-state index in [2.05, 4.69) is 4.72 Å². The van der Waals surface area contributed by atoms with Crippen LogP contribution in [0.3, 0.4) is 0 Å². The topological polar surface area (TPSA) is 88.8 Å². The first kappa shape index (κ1) is 24.1. The largest absolute Gasteiger partial charge is 0.467 e. The monoisotopic (exact) mass is 496 g/mol. The fourth-order valence-corrected chi connectivity index (χ4v) is 4.37. The van der Waals surface area contributed by atoms with Crippen molar-refractivity contribution in [3.8, 4) is 0 Å². The van der Waals surface area contributed by atoms with Gasteiger partial charge in [-0.15, -0.1) is 0 Å². The molecule has 1 amide bonds. The number of furan rings is 1. The van der Waals surface area contributed by atoms with Crippen molar-refractivity contribution < 1.29 is 22.4 Å². The number of rotatable bonds is 10. The molecule has 0 radical (unpaired) electrons. The van der Waals surface area contributed by atoms with Gasteiger partial charge in [-0.2, -0.15) is 0 Å². The maximum absolute atomic E-state index is 12.8. The molecule has 0 saturated heterocycles. The zero-order valence-electron chi connectivity index (χ0n) is 17.3. The number of amides is 1. The molecule has 0 aliphatic heterocycles. The minimum Gasteiger partial charge on any atom is -0.467 e. The van der Waals surface area contributed by atoms with Crippen molar-refractivity contribution in [2.24, 2.45) is 0 Å². The van der Waals surface area contributed by atoms with Crippen molar-refractivity contribution in [2.75, 3.05) is 25.0 Å². The van der Waals surface area contributed by atoms with E-state index in [1.54, 1.807) is 48.6 Å². The first-order valence-electron chi connectivity index (χ1n) is 9.64. The number of sulfonamides is 1. The number of methoxy groups -OCH3 is 1. The van der Waals surface area contributed by atoms with Gasteiger partial charge < -0.3 is 14.1 Å². The number of nitrogens with zero attached hydrogens (tertiary/aromatic N) is 1. The van der Waals surface area contributed by atoms with Crippen LogP contribution in [-0.4, -0.2) is 39.5 Å². The molecule has 10 heteroatoms. The molecule has 0 spiro atoms. The zero-order chi connectivity index (χ0) is 23.1. The second-order valence-corrected chi connectivity index (χ2v) is 9.44. The number of halogens is 2. The first-order valence-corrected chi connectivity index (χ1v) is 11.9. The second-order valence-electron chi connectivity index (χ2n) is 6.94. The van der Waals surface area contributed by atoms with Crippen molar-refractivity contribution >= 4 is 44.8 Å². The van der Waals surface area contributed by atoms with Gasteiger partial charge in [-0.3, -0.25) is 9.52 Å². The number of nitrogens with one attached hydrogen (secondary N) is 1. The second kappa shape index (κ2) is 10.9. The van der Waals surface area contributed by atoms with Crippen molar-refractivity contribution in [3.63, 3.8) is 0 Å². The first-order chi connectivity index (χ1) is 15.3. The van der Waals surface area contributed by atoms with Crippen LogP contribution < -0.4 is 4.72 Å². The van der Waals surface area contributed by atoms with E-state index in [9.17, 15) is 13.2 Å². The molecule has 0 fully saturated rings. The number of hydrogen-bond acceptors (Lipinski definition) is 5. The highest BCUT2D eigenvalue weighted by Gasteiger charge is 2.18. The summed E-state index contributed by atoms with van der Waals surface area (Å²) in [6.07, 6.45) is 1.72. The molecule has 32 heavy (non-hydrogen) atoms. The third-order valence-corrected chi connectivity index (χ3v) is 6.73. The summed E-state index contributed by atoms with van der Waals surface area (Å²) in [6.45, 7) is 1.18. The molecule has 1 aromatic heterocycles. The molecule has 0 aliphatic rings. The third kappa shape index (κ3) is 6.49. The zero-order valence-corrected chi connectivity index (χ0v) is 19.6. The third-order valence-electron chi connectivity index (χ3n) is 4.61. The summed E-state index contributed by atoms with van der Waals surface area (Å²) in [5, 5.41) is 0.419. The molecule has 0 aliphatic carbocycles. The number of hydrogen-bond donors (Lipinski definition) is 1. The number of carbonyl (C=O) groups is 1. The van der Waals surface area contributed by atoms with E-state index < -0.39 is 10.0 Å². The van der Waals surface area contributed by atoms with Gasteiger partial charge in [0.15, 0.2) is 0 Å². The maximum atomic E-state index is 12.8. The highest BCUT2D eigenvalue weighted by Crippen LogP contribution is 2.26. The Balaban J connectivity index is 1.66. The van der Waals surface area contributed by atoms with E-state index >= 15 is 0 Å². The molecule has 2 aromatic carbocycles. The van der Waals surface area contributed by atoms with Gasteiger partial charge in [0.05, 0.1) is 40.8 Å². The quantitative estimate of drug-likeness (QED) is 0.442. The molecule has 0 saturated carbocycles. The molecule has 0 unspecified atom stereocenters. The van der Waals surface area contributed by atoms with Crippen molar-refractivity contribution in [3.05, 3.63) is 82.2 Å². The van der Waals surface area contributed by atoms with Crippen LogP contribution in [0.1, 0.15) is 11.3 Å². The van der Waals surface area contributed by atoms with Crippen molar-refractivity contribution in [1.82, 2.24) is 4.90 Å². The standard InChI is InChI=1S/C22H22Cl2N2O5S/c1-30-12-10-26(15-18-3-2-11-31-18)22(27)13-16-4-6-17(7-5-16)25-32(28,29)19-8-9-20(23)21(24)14-19/h2-9,11,14,25H,10,12-13,15H2,1H3. The summed E-state index contributed by atoms with van der Waals surface area (Å²) in [5.41, 5.74) is 1.11. The van der Waals surface area contributed by atoms with Crippen LogP contribution in [0.2, 0.25) is 10.0 Å². The molecule has 7 nitrogen and oxygen atoms in total. The molecular formula is C22H22Cl2N2O5S. The lowest BCUT2D eigenvalue weighted by atomic mass is 10.1. The normalized spacial score (nSPS) is 11.3. The lowest BCUT2D eigenvalue weighted by molar-refractivity contribution is -0.132. The van der Waals surface area contributed by atoms with Gasteiger partial charge in [-0.1, -0.05) is 35.3 Å². The Kier molecular flexibility index (Phi) is 8.20. The summed E-state index contributed by atoms with van der Waals surface area (Å²) < 4.78 is 38.1. The average Bonchev–Trinajstić information content (AvgIpc) is 3.27. The molecule has 1 heterocycles. The average molecular weight is 497 g/mol. The Labute approximate surface area is 196 Å². The molecule has 3 aromatic rings. The summed E-state index contributed by atoms with van der Waals surface area (Å²) in [6, 6.07) is 14.3. The Bertz CT molecular complexity index is 1150. The molecule has 3 rings (SSSR count). The van der Waals surface area contributed by atoms with Gasteiger partial charge in [-0.25, -0.2) is 8.42 Å². The van der Waals surface area contributed by atoms with Gasteiger partial charge in [0.25, 0.3) is 10.0 Å². The summed E-state index contributed by atoms with van der Waals surface area (Å²) in [4.78, 5) is 14.5. The van der Waals surface area contributed by atoms with Crippen LogP contribution >= 0.6 is 23.2 Å². The Hall–Kier alpha value is -2.52. The number of carbonyl (C=O) groups excluding carboxylic acids is 1. The maximum Gasteiger partial charge on any atom is 0.261 e. The molecule has 1 N–H and O–H groups in total.